The second-order valence-corrected chi connectivity index (χ2v) is 16.3. The monoisotopic (exact) mass is 861 g/mol. The van der Waals surface area contributed by atoms with Crippen LogP contribution in [0.5, 0.6) is 0 Å². The standard InChI is InChI=1S/C56H92O6/c1-4-7-10-13-16-19-22-25-27-28-30-31-34-37-40-43-46-49-55(58)61-52-53(51-60-54(57)48-45-42-39-36-33-24-21-18-15-12-9-6-3)62-56(59)50-47-44-41-38-35-32-29-26-23-20-17-14-11-8-5-2/h7,10,16-21,25-27,29-31,37,40,53H,4-6,8-9,11-15,22-24,28,32-36,38-39,41-52H2,1-3H3/b10-7-,19-16-,20-17-,21-18-,27-25-,29-26-,31-30-,40-37-/t53-/m1/s1. The molecule has 0 unspecified atom stereocenters. The van der Waals surface area contributed by atoms with E-state index in [0.29, 0.717) is 19.3 Å². The summed E-state index contributed by atoms with van der Waals surface area (Å²) in [7, 11) is 0. The molecule has 1 atom stereocenters. The molecule has 0 aliphatic rings. The lowest BCUT2D eigenvalue weighted by Gasteiger charge is -2.18. The summed E-state index contributed by atoms with van der Waals surface area (Å²) in [4.78, 5) is 37.9. The van der Waals surface area contributed by atoms with Crippen molar-refractivity contribution in [2.24, 2.45) is 0 Å². The largest absolute Gasteiger partial charge is 0.462 e. The predicted octanol–water partition coefficient (Wildman–Crippen LogP) is 16.6. The van der Waals surface area contributed by atoms with Gasteiger partial charge in [-0.25, -0.2) is 0 Å². The molecular formula is C56H92O6. The molecule has 0 aliphatic heterocycles. The molecule has 0 aromatic rings. The maximum atomic E-state index is 12.8. The van der Waals surface area contributed by atoms with E-state index in [1.165, 1.54) is 57.8 Å². The fraction of sp³-hybridized carbons (Fsp3) is 0.661. The van der Waals surface area contributed by atoms with Gasteiger partial charge in [0.05, 0.1) is 0 Å². The van der Waals surface area contributed by atoms with Gasteiger partial charge in [-0.2, -0.15) is 0 Å². The zero-order chi connectivity index (χ0) is 45.1. The Morgan fingerprint density at radius 3 is 1.06 bits per heavy atom. The molecule has 0 heterocycles. The Labute approximate surface area is 381 Å². The number of ether oxygens (including phenoxy) is 3. The predicted molar refractivity (Wildman–Crippen MR) is 265 cm³/mol. The SMILES string of the molecule is CC/C=C\C/C=C\C/C=C\C/C=C\C/C=C\CCCC(=O)OC[C@@H](COC(=O)CCCCCCC/C=C\CCCCC)OC(=O)CCCCCCC/C=C\C/C=C\CCCCC. The van der Waals surface area contributed by atoms with Crippen molar-refractivity contribution in [1.82, 2.24) is 0 Å². The lowest BCUT2D eigenvalue weighted by Crippen LogP contribution is -2.30. The van der Waals surface area contributed by atoms with Crippen LogP contribution in [0.15, 0.2) is 97.2 Å². The van der Waals surface area contributed by atoms with Crippen molar-refractivity contribution >= 4 is 17.9 Å². The topological polar surface area (TPSA) is 78.9 Å². The van der Waals surface area contributed by atoms with Crippen molar-refractivity contribution in [3.63, 3.8) is 0 Å². The summed E-state index contributed by atoms with van der Waals surface area (Å²) in [6.45, 7) is 6.39. The van der Waals surface area contributed by atoms with Crippen LogP contribution in [0.2, 0.25) is 0 Å². The summed E-state index contributed by atoms with van der Waals surface area (Å²) in [5.41, 5.74) is 0. The van der Waals surface area contributed by atoms with Crippen molar-refractivity contribution in [2.75, 3.05) is 13.2 Å². The molecular weight excluding hydrogens is 769 g/mol. The van der Waals surface area contributed by atoms with E-state index >= 15 is 0 Å². The Hall–Kier alpha value is -3.67. The number of hydrogen-bond acceptors (Lipinski definition) is 6. The highest BCUT2D eigenvalue weighted by molar-refractivity contribution is 5.71. The van der Waals surface area contributed by atoms with Crippen LogP contribution in [0.25, 0.3) is 0 Å². The first-order valence-electron chi connectivity index (χ1n) is 25.2. The molecule has 0 saturated carbocycles. The summed E-state index contributed by atoms with van der Waals surface area (Å²) in [6.07, 6.45) is 65.3. The molecule has 0 bridgehead atoms. The fourth-order valence-corrected chi connectivity index (χ4v) is 6.50. The van der Waals surface area contributed by atoms with Crippen molar-refractivity contribution in [3.8, 4) is 0 Å². The van der Waals surface area contributed by atoms with Gasteiger partial charge in [0.25, 0.3) is 0 Å². The lowest BCUT2D eigenvalue weighted by atomic mass is 10.1. The van der Waals surface area contributed by atoms with Gasteiger partial charge in [-0.05, 0) is 116 Å². The summed E-state index contributed by atoms with van der Waals surface area (Å²) < 4.78 is 16.7. The molecule has 6 heteroatoms. The Morgan fingerprint density at radius 2 is 0.645 bits per heavy atom. The van der Waals surface area contributed by atoms with E-state index in [1.54, 1.807) is 0 Å². The average Bonchev–Trinajstić information content (AvgIpc) is 3.27. The van der Waals surface area contributed by atoms with Crippen molar-refractivity contribution in [3.05, 3.63) is 97.2 Å². The number of carbonyl (C=O) groups is 3. The molecule has 0 amide bonds. The van der Waals surface area contributed by atoms with Gasteiger partial charge in [0.2, 0.25) is 0 Å². The molecule has 352 valence electrons. The van der Waals surface area contributed by atoms with Crippen LogP contribution in [-0.4, -0.2) is 37.2 Å². The lowest BCUT2D eigenvalue weighted by molar-refractivity contribution is -0.167. The number of allylic oxidation sites excluding steroid dienone is 16. The molecule has 0 aromatic heterocycles. The van der Waals surface area contributed by atoms with E-state index in [2.05, 4.69) is 118 Å². The Bertz CT molecular complexity index is 1260. The van der Waals surface area contributed by atoms with Crippen LogP contribution in [-0.2, 0) is 28.6 Å². The van der Waals surface area contributed by atoms with Crippen LogP contribution < -0.4 is 0 Å². The Kier molecular flexibility index (Phi) is 47.0. The normalized spacial score (nSPS) is 12.9. The molecule has 0 N–H and O–H groups in total. The number of esters is 3. The van der Waals surface area contributed by atoms with Crippen LogP contribution in [0.1, 0.15) is 220 Å². The molecule has 0 saturated heterocycles. The van der Waals surface area contributed by atoms with Crippen LogP contribution >= 0.6 is 0 Å². The molecule has 0 spiro atoms. The van der Waals surface area contributed by atoms with E-state index in [0.717, 1.165) is 116 Å². The number of hydrogen-bond donors (Lipinski definition) is 0. The summed E-state index contributed by atoms with van der Waals surface area (Å²) in [5.74, 6) is -0.995. The molecule has 0 rings (SSSR count). The number of rotatable bonds is 44. The van der Waals surface area contributed by atoms with Gasteiger partial charge in [-0.15, -0.1) is 0 Å². The second-order valence-electron chi connectivity index (χ2n) is 16.3. The third-order valence-corrected chi connectivity index (χ3v) is 10.3. The van der Waals surface area contributed by atoms with Crippen LogP contribution in [0.3, 0.4) is 0 Å². The maximum absolute atomic E-state index is 12.8. The highest BCUT2D eigenvalue weighted by Gasteiger charge is 2.19. The highest BCUT2D eigenvalue weighted by Crippen LogP contribution is 2.12. The van der Waals surface area contributed by atoms with Gasteiger partial charge in [0.1, 0.15) is 13.2 Å². The third kappa shape index (κ3) is 47.4. The van der Waals surface area contributed by atoms with E-state index in [9.17, 15) is 14.4 Å². The highest BCUT2D eigenvalue weighted by atomic mass is 16.6. The van der Waals surface area contributed by atoms with Gasteiger partial charge in [0.15, 0.2) is 6.10 Å². The van der Waals surface area contributed by atoms with Crippen molar-refractivity contribution < 1.29 is 28.6 Å². The summed E-state index contributed by atoms with van der Waals surface area (Å²) in [5, 5.41) is 0. The zero-order valence-corrected chi connectivity index (χ0v) is 40.1. The first-order valence-corrected chi connectivity index (χ1v) is 25.2. The summed E-state index contributed by atoms with van der Waals surface area (Å²) in [6, 6.07) is 0. The van der Waals surface area contributed by atoms with E-state index in [4.69, 9.17) is 14.2 Å². The number of unbranched alkanes of at least 4 members (excludes halogenated alkanes) is 17. The van der Waals surface area contributed by atoms with Gasteiger partial charge in [-0.1, -0.05) is 182 Å². The van der Waals surface area contributed by atoms with Crippen LogP contribution in [0.4, 0.5) is 0 Å². The second kappa shape index (κ2) is 50.0. The van der Waals surface area contributed by atoms with Gasteiger partial charge in [0, 0.05) is 19.3 Å². The quantitative estimate of drug-likeness (QED) is 0.0263. The third-order valence-electron chi connectivity index (χ3n) is 10.3. The maximum Gasteiger partial charge on any atom is 0.306 e. The average molecular weight is 861 g/mol. The molecule has 0 fully saturated rings. The molecule has 0 aromatic carbocycles. The minimum Gasteiger partial charge on any atom is -0.462 e. The first kappa shape index (κ1) is 58.3. The van der Waals surface area contributed by atoms with Crippen molar-refractivity contribution in [2.45, 2.75) is 226 Å². The molecule has 62 heavy (non-hydrogen) atoms. The Morgan fingerprint density at radius 1 is 0.339 bits per heavy atom. The zero-order valence-electron chi connectivity index (χ0n) is 40.1. The van der Waals surface area contributed by atoms with E-state index in [1.807, 2.05) is 0 Å². The smallest absolute Gasteiger partial charge is 0.306 e. The van der Waals surface area contributed by atoms with Gasteiger partial charge >= 0.3 is 17.9 Å². The first-order chi connectivity index (χ1) is 30.5. The molecule has 0 aliphatic carbocycles. The van der Waals surface area contributed by atoms with Crippen molar-refractivity contribution in [1.29, 1.82) is 0 Å². The Balaban J connectivity index is 4.52. The molecule has 6 nitrogen and oxygen atoms in total. The van der Waals surface area contributed by atoms with E-state index in [-0.39, 0.29) is 37.5 Å². The minimum atomic E-state index is -0.811. The van der Waals surface area contributed by atoms with Gasteiger partial charge < -0.3 is 14.2 Å². The van der Waals surface area contributed by atoms with Crippen LogP contribution in [0, 0.1) is 0 Å². The van der Waals surface area contributed by atoms with Gasteiger partial charge in [-0.3, -0.25) is 14.4 Å². The van der Waals surface area contributed by atoms with E-state index < -0.39 is 6.10 Å². The molecule has 0 radical (unpaired) electrons. The minimum absolute atomic E-state index is 0.107. The summed E-state index contributed by atoms with van der Waals surface area (Å²) >= 11 is 0. The fourth-order valence-electron chi connectivity index (χ4n) is 6.50. The number of carbonyl (C=O) groups excluding carboxylic acids is 3.